The average Bonchev–Trinajstić information content (AvgIpc) is 3.27. The predicted molar refractivity (Wildman–Crippen MR) is 111 cm³/mol. The average molecular weight is 409 g/mol. The van der Waals surface area contributed by atoms with E-state index in [1.54, 1.807) is 25.3 Å². The topological polar surface area (TPSA) is 86.5 Å². The van der Waals surface area contributed by atoms with Crippen LogP contribution in [0.2, 0.25) is 0 Å². The van der Waals surface area contributed by atoms with Crippen molar-refractivity contribution in [1.82, 2.24) is 10.1 Å². The molecule has 4 rings (SSSR count). The van der Waals surface area contributed by atoms with Gasteiger partial charge in [-0.15, -0.1) is 0 Å². The second-order valence-corrected chi connectivity index (χ2v) is 7.43. The number of amides is 1. The smallest absolute Gasteiger partial charge is 0.261 e. The summed E-state index contributed by atoms with van der Waals surface area (Å²) in [5, 5.41) is 7.30. The maximum Gasteiger partial charge on any atom is 0.261 e. The minimum atomic E-state index is -0.287. The Labute approximate surface area is 171 Å². The Morgan fingerprint density at radius 3 is 2.79 bits per heavy atom. The van der Waals surface area contributed by atoms with Gasteiger partial charge in [0.25, 0.3) is 5.91 Å². The monoisotopic (exact) mass is 409 g/mol. The number of nitrogens with zero attached hydrogens (tertiary/aromatic N) is 2. The molecule has 0 unspecified atom stereocenters. The van der Waals surface area contributed by atoms with Gasteiger partial charge in [-0.05, 0) is 44.2 Å². The van der Waals surface area contributed by atoms with Crippen molar-refractivity contribution in [3.05, 3.63) is 65.0 Å². The van der Waals surface area contributed by atoms with Crippen LogP contribution in [-0.2, 0) is 6.61 Å². The van der Waals surface area contributed by atoms with E-state index in [1.807, 2.05) is 38.1 Å². The number of benzene rings is 2. The first kappa shape index (κ1) is 18.9. The van der Waals surface area contributed by atoms with E-state index in [0.717, 1.165) is 27.2 Å². The molecular formula is C21H19N3O4S. The Morgan fingerprint density at radius 1 is 1.21 bits per heavy atom. The molecule has 0 fully saturated rings. The number of carbonyl (C=O) groups excluding carboxylic acids is 1. The molecule has 0 atom stereocenters. The fourth-order valence-electron chi connectivity index (χ4n) is 2.89. The van der Waals surface area contributed by atoms with Gasteiger partial charge in [-0.3, -0.25) is 10.1 Å². The molecule has 1 amide bonds. The van der Waals surface area contributed by atoms with Crippen molar-refractivity contribution in [3.63, 3.8) is 0 Å². The molecule has 0 spiro atoms. The van der Waals surface area contributed by atoms with Crippen LogP contribution in [0.1, 0.15) is 27.4 Å². The molecule has 0 bridgehead atoms. The number of anilines is 1. The zero-order chi connectivity index (χ0) is 20.4. The van der Waals surface area contributed by atoms with Gasteiger partial charge in [0.2, 0.25) is 0 Å². The Hall–Kier alpha value is -3.39. The molecule has 1 N–H and O–H groups in total. The van der Waals surface area contributed by atoms with Crippen LogP contribution in [-0.4, -0.2) is 23.2 Å². The summed E-state index contributed by atoms with van der Waals surface area (Å²) in [4.78, 5) is 17.3. The number of ether oxygens (including phenoxy) is 2. The van der Waals surface area contributed by atoms with Crippen LogP contribution in [0.4, 0.5) is 5.13 Å². The van der Waals surface area contributed by atoms with Gasteiger partial charge in [0.15, 0.2) is 5.13 Å². The second kappa shape index (κ2) is 7.92. The lowest BCUT2D eigenvalue weighted by molar-refractivity contribution is 0.102. The first-order valence-corrected chi connectivity index (χ1v) is 9.76. The number of nitrogens with one attached hydrogen (secondary N) is 1. The number of aryl methyl sites for hydroxylation is 2. The van der Waals surface area contributed by atoms with E-state index in [-0.39, 0.29) is 12.5 Å². The largest absolute Gasteiger partial charge is 0.497 e. The number of para-hydroxylation sites is 1. The summed E-state index contributed by atoms with van der Waals surface area (Å²) in [7, 11) is 1.62. The highest BCUT2D eigenvalue weighted by Gasteiger charge is 2.16. The highest BCUT2D eigenvalue weighted by atomic mass is 32.1. The van der Waals surface area contributed by atoms with Crippen LogP contribution in [0, 0.1) is 13.8 Å². The molecule has 29 heavy (non-hydrogen) atoms. The highest BCUT2D eigenvalue weighted by Crippen LogP contribution is 2.30. The molecule has 0 radical (unpaired) electrons. The number of aromatic nitrogens is 2. The zero-order valence-electron chi connectivity index (χ0n) is 16.2. The Morgan fingerprint density at radius 2 is 2.03 bits per heavy atom. The minimum Gasteiger partial charge on any atom is -0.497 e. The van der Waals surface area contributed by atoms with Crippen molar-refractivity contribution in [2.24, 2.45) is 0 Å². The number of hydrogen-bond donors (Lipinski definition) is 1. The van der Waals surface area contributed by atoms with Crippen molar-refractivity contribution in [2.45, 2.75) is 20.5 Å². The fourth-order valence-corrected chi connectivity index (χ4v) is 3.78. The van der Waals surface area contributed by atoms with Gasteiger partial charge < -0.3 is 14.0 Å². The van der Waals surface area contributed by atoms with Gasteiger partial charge in [-0.2, -0.15) is 0 Å². The molecule has 148 valence electrons. The van der Waals surface area contributed by atoms with Crippen LogP contribution in [0.15, 0.2) is 47.0 Å². The Balaban J connectivity index is 1.53. The molecule has 2 aromatic heterocycles. The third-order valence-electron chi connectivity index (χ3n) is 4.50. The van der Waals surface area contributed by atoms with Gasteiger partial charge in [-0.25, -0.2) is 4.98 Å². The van der Waals surface area contributed by atoms with Crippen molar-refractivity contribution in [1.29, 1.82) is 0 Å². The Bertz CT molecular complexity index is 1160. The van der Waals surface area contributed by atoms with Gasteiger partial charge in [0.1, 0.15) is 23.9 Å². The second-order valence-electron chi connectivity index (χ2n) is 6.39. The zero-order valence-corrected chi connectivity index (χ0v) is 17.0. The molecule has 0 aliphatic heterocycles. The first-order valence-electron chi connectivity index (χ1n) is 8.94. The van der Waals surface area contributed by atoms with E-state index >= 15 is 0 Å². The standard InChI is InChI=1S/C21H19N3O4S/c1-12-16(13(2)28-24-12)11-27-18-7-5-4-6-15(18)20(25)23-21-22-17-9-8-14(26-3)10-19(17)29-21/h4-10H,11H2,1-3H3,(H,22,23,25). The van der Waals surface area contributed by atoms with E-state index in [1.165, 1.54) is 11.3 Å². The van der Waals surface area contributed by atoms with Gasteiger partial charge in [0.05, 0.1) is 34.1 Å². The number of rotatable bonds is 6. The third-order valence-corrected chi connectivity index (χ3v) is 5.43. The van der Waals surface area contributed by atoms with Crippen molar-refractivity contribution in [3.8, 4) is 11.5 Å². The van der Waals surface area contributed by atoms with E-state index in [2.05, 4.69) is 15.5 Å². The Kier molecular flexibility index (Phi) is 5.18. The number of methoxy groups -OCH3 is 1. The fraction of sp³-hybridized carbons (Fsp3) is 0.190. The minimum absolute atomic E-state index is 0.270. The molecule has 0 saturated heterocycles. The summed E-state index contributed by atoms with van der Waals surface area (Å²) >= 11 is 1.39. The number of carbonyl (C=O) groups is 1. The van der Waals surface area contributed by atoms with Crippen LogP contribution in [0.25, 0.3) is 10.2 Å². The van der Waals surface area contributed by atoms with Crippen LogP contribution in [0.3, 0.4) is 0 Å². The van der Waals surface area contributed by atoms with E-state index in [9.17, 15) is 4.79 Å². The summed E-state index contributed by atoms with van der Waals surface area (Å²) in [5.41, 5.74) is 2.87. The van der Waals surface area contributed by atoms with Gasteiger partial charge in [-0.1, -0.05) is 28.6 Å². The molecule has 0 aliphatic rings. The number of hydrogen-bond acceptors (Lipinski definition) is 7. The van der Waals surface area contributed by atoms with Gasteiger partial charge in [0, 0.05) is 0 Å². The number of thiazole rings is 1. The SMILES string of the molecule is COc1ccc2nc(NC(=O)c3ccccc3OCc3c(C)noc3C)sc2c1. The predicted octanol–water partition coefficient (Wildman–Crippen LogP) is 4.74. The first-order chi connectivity index (χ1) is 14.0. The lowest BCUT2D eigenvalue weighted by atomic mass is 10.2. The maximum atomic E-state index is 12.9. The van der Waals surface area contributed by atoms with Crippen molar-refractivity contribution in [2.75, 3.05) is 12.4 Å². The molecule has 8 heteroatoms. The summed E-state index contributed by atoms with van der Waals surface area (Å²) in [6, 6.07) is 12.7. The van der Waals surface area contributed by atoms with Crippen molar-refractivity contribution < 1.29 is 18.8 Å². The molecule has 0 saturated carbocycles. The molecule has 4 aromatic rings. The maximum absolute atomic E-state index is 12.9. The van der Waals surface area contributed by atoms with Crippen LogP contribution >= 0.6 is 11.3 Å². The lowest BCUT2D eigenvalue weighted by Crippen LogP contribution is -2.13. The van der Waals surface area contributed by atoms with Crippen LogP contribution in [0.5, 0.6) is 11.5 Å². The lowest BCUT2D eigenvalue weighted by Gasteiger charge is -2.10. The highest BCUT2D eigenvalue weighted by molar-refractivity contribution is 7.22. The quantitative estimate of drug-likeness (QED) is 0.495. The molecular weight excluding hydrogens is 390 g/mol. The van der Waals surface area contributed by atoms with E-state index < -0.39 is 0 Å². The molecule has 7 nitrogen and oxygen atoms in total. The molecule has 2 aromatic carbocycles. The molecule has 2 heterocycles. The van der Waals surface area contributed by atoms with Crippen LogP contribution < -0.4 is 14.8 Å². The van der Waals surface area contributed by atoms with E-state index in [0.29, 0.717) is 22.2 Å². The summed E-state index contributed by atoms with van der Waals surface area (Å²) in [6.07, 6.45) is 0. The normalized spacial score (nSPS) is 10.9. The number of fused-ring (bicyclic) bond motifs is 1. The molecule has 0 aliphatic carbocycles. The summed E-state index contributed by atoms with van der Waals surface area (Å²) < 4.78 is 17.2. The summed E-state index contributed by atoms with van der Waals surface area (Å²) in [5.74, 6) is 1.64. The van der Waals surface area contributed by atoms with Crippen molar-refractivity contribution >= 4 is 32.6 Å². The third kappa shape index (κ3) is 3.93. The van der Waals surface area contributed by atoms with E-state index in [4.69, 9.17) is 14.0 Å². The summed E-state index contributed by atoms with van der Waals surface area (Å²) in [6.45, 7) is 3.96. The van der Waals surface area contributed by atoms with Gasteiger partial charge >= 0.3 is 0 Å².